The van der Waals surface area contributed by atoms with E-state index in [-0.39, 0.29) is 5.72 Å². The van der Waals surface area contributed by atoms with Crippen molar-refractivity contribution in [2.24, 2.45) is 11.1 Å². The highest BCUT2D eigenvalue weighted by Gasteiger charge is 2.52. The number of hydrogen-bond donors (Lipinski definition) is 1. The molecule has 4 aliphatic rings. The lowest BCUT2D eigenvalue weighted by Crippen LogP contribution is -2.65. The van der Waals surface area contributed by atoms with Crippen molar-refractivity contribution in [2.75, 3.05) is 19.6 Å². The lowest BCUT2D eigenvalue weighted by atomic mass is 9.81. The second kappa shape index (κ2) is 3.65. The average Bonchev–Trinajstić information content (AvgIpc) is 2.85. The van der Waals surface area contributed by atoms with Crippen molar-refractivity contribution >= 4 is 5.84 Å². The van der Waals surface area contributed by atoms with Gasteiger partial charge in [-0.15, -0.1) is 0 Å². The molecule has 5 rings (SSSR count). The molecule has 1 N–H and O–H groups in total. The van der Waals surface area contributed by atoms with Gasteiger partial charge >= 0.3 is 0 Å². The third-order valence-electron chi connectivity index (χ3n) is 4.11. The second-order valence-corrected chi connectivity index (χ2v) is 5.17. The molecule has 1 atom stereocenters. The van der Waals surface area contributed by atoms with E-state index in [1.807, 2.05) is 0 Å². The van der Waals surface area contributed by atoms with Gasteiger partial charge < -0.3 is 10.2 Å². The molecule has 6 heteroatoms. The maximum atomic E-state index is 5.74. The first-order valence-electron chi connectivity index (χ1n) is 6.40. The van der Waals surface area contributed by atoms with E-state index >= 15 is 0 Å². The zero-order valence-corrected chi connectivity index (χ0v) is 10.0. The van der Waals surface area contributed by atoms with Crippen molar-refractivity contribution in [3.05, 3.63) is 24.3 Å². The smallest absolute Gasteiger partial charge is 0.224 e. The predicted molar refractivity (Wildman–Crippen MR) is 64.7 cm³/mol. The van der Waals surface area contributed by atoms with E-state index in [4.69, 9.17) is 4.84 Å². The van der Waals surface area contributed by atoms with Gasteiger partial charge in [0.05, 0.1) is 6.54 Å². The molecule has 0 saturated carbocycles. The third kappa shape index (κ3) is 1.42. The molecule has 1 aromatic heterocycles. The van der Waals surface area contributed by atoms with E-state index in [0.717, 1.165) is 6.54 Å². The molecule has 3 saturated heterocycles. The fourth-order valence-electron chi connectivity index (χ4n) is 3.15. The molecule has 5 heterocycles. The summed E-state index contributed by atoms with van der Waals surface area (Å²) >= 11 is 0. The van der Waals surface area contributed by atoms with Gasteiger partial charge in [0.25, 0.3) is 0 Å². The molecule has 0 aliphatic carbocycles. The van der Waals surface area contributed by atoms with Crippen LogP contribution in [0.2, 0.25) is 0 Å². The number of aromatic nitrogens is 2. The minimum Gasteiger partial charge on any atom is -0.363 e. The van der Waals surface area contributed by atoms with Crippen LogP contribution >= 0.6 is 0 Å². The van der Waals surface area contributed by atoms with Crippen molar-refractivity contribution in [2.45, 2.75) is 18.6 Å². The number of hydrogen-bond acceptors (Lipinski definition) is 6. The maximum absolute atomic E-state index is 5.74. The number of rotatable bonds is 1. The van der Waals surface area contributed by atoms with Gasteiger partial charge in [0.1, 0.15) is 0 Å². The molecular weight excluding hydrogens is 230 g/mol. The zero-order valence-electron chi connectivity index (χ0n) is 10.0. The van der Waals surface area contributed by atoms with Crippen LogP contribution in [0.15, 0.2) is 23.6 Å². The first-order chi connectivity index (χ1) is 8.86. The van der Waals surface area contributed by atoms with E-state index in [1.165, 1.54) is 25.9 Å². The van der Waals surface area contributed by atoms with Gasteiger partial charge in [-0.05, 0) is 32.0 Å². The molecule has 0 radical (unpaired) electrons. The van der Waals surface area contributed by atoms with Gasteiger partial charge in [-0.2, -0.15) is 0 Å². The number of amidine groups is 1. The van der Waals surface area contributed by atoms with Gasteiger partial charge in [-0.3, -0.25) is 4.90 Å². The van der Waals surface area contributed by atoms with E-state index in [0.29, 0.717) is 17.6 Å². The quantitative estimate of drug-likeness (QED) is 0.764. The molecule has 1 unspecified atom stereocenters. The van der Waals surface area contributed by atoms with E-state index in [9.17, 15) is 0 Å². The third-order valence-corrected chi connectivity index (χ3v) is 4.11. The van der Waals surface area contributed by atoms with Crippen molar-refractivity contribution < 1.29 is 4.84 Å². The van der Waals surface area contributed by atoms with E-state index in [2.05, 4.69) is 25.3 Å². The molecule has 2 bridgehead atoms. The summed E-state index contributed by atoms with van der Waals surface area (Å²) in [6, 6.07) is 1.80. The van der Waals surface area contributed by atoms with E-state index in [1.54, 1.807) is 18.5 Å². The largest absolute Gasteiger partial charge is 0.363 e. The van der Waals surface area contributed by atoms with Gasteiger partial charge in [-0.25, -0.2) is 9.97 Å². The summed E-state index contributed by atoms with van der Waals surface area (Å²) in [5.41, 5.74) is -0.342. The molecular formula is C12H15N5O. The molecule has 94 valence electrons. The van der Waals surface area contributed by atoms with Gasteiger partial charge in [-0.1, -0.05) is 5.16 Å². The lowest BCUT2D eigenvalue weighted by Gasteiger charge is -2.49. The highest BCUT2D eigenvalue weighted by molar-refractivity contribution is 5.96. The molecule has 0 aromatic carbocycles. The van der Waals surface area contributed by atoms with Crippen molar-refractivity contribution in [1.29, 1.82) is 0 Å². The van der Waals surface area contributed by atoms with Gasteiger partial charge in [0.15, 0.2) is 5.82 Å². The van der Waals surface area contributed by atoms with Crippen LogP contribution in [-0.2, 0) is 4.84 Å². The fourth-order valence-corrected chi connectivity index (χ4v) is 3.15. The van der Waals surface area contributed by atoms with Crippen LogP contribution in [0.3, 0.4) is 0 Å². The lowest BCUT2D eigenvalue weighted by molar-refractivity contribution is -0.148. The van der Waals surface area contributed by atoms with Crippen LogP contribution in [0.25, 0.3) is 0 Å². The Kier molecular flexibility index (Phi) is 2.08. The number of nitrogens with zero attached hydrogens (tertiary/aromatic N) is 4. The van der Waals surface area contributed by atoms with Crippen molar-refractivity contribution in [1.82, 2.24) is 20.2 Å². The van der Waals surface area contributed by atoms with Crippen LogP contribution in [-0.4, -0.2) is 46.1 Å². The standard InChI is InChI=1S/C12H15N5O/c1-4-13-10(14-5-1)11-15-12(18-16-11)8-17-6-2-9(12)3-7-17/h1,4-5,9H,2-3,6-8H2,(H,15,16). The number of nitrogens with one attached hydrogen (secondary N) is 1. The summed E-state index contributed by atoms with van der Waals surface area (Å²) in [6.45, 7) is 3.25. The van der Waals surface area contributed by atoms with E-state index < -0.39 is 0 Å². The van der Waals surface area contributed by atoms with Crippen LogP contribution in [0.4, 0.5) is 0 Å². The predicted octanol–water partition coefficient (Wildman–Crippen LogP) is 0.180. The molecule has 18 heavy (non-hydrogen) atoms. The highest BCUT2D eigenvalue weighted by Crippen LogP contribution is 2.38. The monoisotopic (exact) mass is 245 g/mol. The molecule has 1 aromatic rings. The first kappa shape index (κ1) is 10.3. The Morgan fingerprint density at radius 2 is 2.06 bits per heavy atom. The van der Waals surface area contributed by atoms with Crippen molar-refractivity contribution in [3.63, 3.8) is 0 Å². The highest BCUT2D eigenvalue weighted by atomic mass is 16.7. The van der Waals surface area contributed by atoms with Crippen molar-refractivity contribution in [3.8, 4) is 0 Å². The SMILES string of the molecule is c1cnc(C2=NOC3(CN4CCC3CC4)N2)nc1. The van der Waals surface area contributed by atoms with Gasteiger partial charge in [0.2, 0.25) is 11.6 Å². The molecule has 0 amide bonds. The Labute approximate surface area is 105 Å². The number of piperidine rings is 3. The topological polar surface area (TPSA) is 62.6 Å². The normalized spacial score (nSPS) is 37.2. The summed E-state index contributed by atoms with van der Waals surface area (Å²) in [5.74, 6) is 1.79. The summed E-state index contributed by atoms with van der Waals surface area (Å²) < 4.78 is 0. The zero-order chi connectivity index (χ0) is 12.0. The number of oxime groups is 1. The Hall–Kier alpha value is -1.69. The molecule has 3 fully saturated rings. The summed E-state index contributed by atoms with van der Waals surface area (Å²) in [7, 11) is 0. The second-order valence-electron chi connectivity index (χ2n) is 5.17. The average molecular weight is 245 g/mol. The first-order valence-corrected chi connectivity index (χ1v) is 6.40. The summed E-state index contributed by atoms with van der Waals surface area (Å²) in [4.78, 5) is 16.6. The van der Waals surface area contributed by atoms with Crippen LogP contribution in [0, 0.1) is 5.92 Å². The van der Waals surface area contributed by atoms with Crippen LogP contribution in [0.5, 0.6) is 0 Å². The molecule has 4 aliphatic heterocycles. The van der Waals surface area contributed by atoms with Crippen LogP contribution in [0.1, 0.15) is 18.7 Å². The number of fused-ring (bicyclic) bond motifs is 2. The molecule has 1 spiro atoms. The molecule has 6 nitrogen and oxygen atoms in total. The fraction of sp³-hybridized carbons (Fsp3) is 0.583. The Morgan fingerprint density at radius 1 is 1.28 bits per heavy atom. The minimum absolute atomic E-state index is 0.342. The van der Waals surface area contributed by atoms with Crippen LogP contribution < -0.4 is 5.32 Å². The Morgan fingerprint density at radius 3 is 2.72 bits per heavy atom. The Balaban J connectivity index is 1.59. The summed E-state index contributed by atoms with van der Waals surface area (Å²) in [6.07, 6.45) is 5.78. The Bertz CT molecular complexity index is 483. The van der Waals surface area contributed by atoms with Gasteiger partial charge in [0, 0.05) is 18.3 Å². The summed E-state index contributed by atoms with van der Waals surface area (Å²) in [5, 5.41) is 7.57. The minimum atomic E-state index is -0.342. The maximum Gasteiger partial charge on any atom is 0.224 e.